The SMILES string of the molecule is COc1ccc(C)cc1NC(=O)c1ccc(C)c(N)c1. The van der Waals surface area contributed by atoms with Crippen molar-refractivity contribution in [2.24, 2.45) is 0 Å². The Morgan fingerprint density at radius 2 is 1.90 bits per heavy atom. The zero-order valence-corrected chi connectivity index (χ0v) is 11.9. The number of anilines is 2. The molecule has 2 aromatic carbocycles. The van der Waals surface area contributed by atoms with Crippen molar-refractivity contribution in [2.45, 2.75) is 13.8 Å². The number of benzene rings is 2. The highest BCUT2D eigenvalue weighted by Crippen LogP contribution is 2.26. The molecule has 4 heteroatoms. The second kappa shape index (κ2) is 5.65. The standard InChI is InChI=1S/C16H18N2O2/c1-10-4-7-15(20-3)14(8-10)18-16(19)12-6-5-11(2)13(17)9-12/h4-9H,17H2,1-3H3,(H,18,19). The Bertz CT molecular complexity index is 651. The van der Waals surface area contributed by atoms with Crippen LogP contribution >= 0.6 is 0 Å². The number of nitrogens with one attached hydrogen (secondary N) is 1. The van der Waals surface area contributed by atoms with Crippen LogP contribution in [-0.4, -0.2) is 13.0 Å². The minimum atomic E-state index is -0.208. The Kier molecular flexibility index (Phi) is 3.94. The maximum atomic E-state index is 12.2. The number of carbonyl (C=O) groups is 1. The number of methoxy groups -OCH3 is 1. The summed E-state index contributed by atoms with van der Waals surface area (Å²) in [5.41, 5.74) is 9.61. The molecule has 0 heterocycles. The minimum absolute atomic E-state index is 0.208. The quantitative estimate of drug-likeness (QED) is 0.842. The van der Waals surface area contributed by atoms with Crippen LogP contribution in [0.1, 0.15) is 21.5 Å². The molecule has 1 amide bonds. The van der Waals surface area contributed by atoms with Crippen molar-refractivity contribution in [1.82, 2.24) is 0 Å². The zero-order valence-electron chi connectivity index (χ0n) is 11.9. The third-order valence-electron chi connectivity index (χ3n) is 3.14. The average Bonchev–Trinajstić information content (AvgIpc) is 2.42. The molecule has 0 fully saturated rings. The molecule has 0 unspecified atom stereocenters. The van der Waals surface area contributed by atoms with Gasteiger partial charge in [-0.3, -0.25) is 4.79 Å². The van der Waals surface area contributed by atoms with Gasteiger partial charge in [-0.25, -0.2) is 0 Å². The summed E-state index contributed by atoms with van der Waals surface area (Å²) in [5, 5.41) is 2.85. The lowest BCUT2D eigenvalue weighted by molar-refractivity contribution is 0.102. The molecule has 0 atom stereocenters. The third kappa shape index (κ3) is 2.91. The van der Waals surface area contributed by atoms with Crippen molar-refractivity contribution in [3.05, 3.63) is 53.1 Å². The fourth-order valence-electron chi connectivity index (χ4n) is 1.90. The lowest BCUT2D eigenvalue weighted by atomic mass is 10.1. The van der Waals surface area contributed by atoms with Gasteiger partial charge in [0.15, 0.2) is 0 Å². The van der Waals surface area contributed by atoms with Crippen molar-refractivity contribution >= 4 is 17.3 Å². The molecule has 0 bridgehead atoms. The topological polar surface area (TPSA) is 64.3 Å². The summed E-state index contributed by atoms with van der Waals surface area (Å²) in [6.07, 6.45) is 0. The summed E-state index contributed by atoms with van der Waals surface area (Å²) in [4.78, 5) is 12.2. The molecule has 0 aliphatic rings. The fraction of sp³-hybridized carbons (Fsp3) is 0.188. The maximum absolute atomic E-state index is 12.2. The maximum Gasteiger partial charge on any atom is 0.255 e. The Morgan fingerprint density at radius 1 is 1.15 bits per heavy atom. The van der Waals surface area contributed by atoms with E-state index in [4.69, 9.17) is 10.5 Å². The largest absolute Gasteiger partial charge is 0.495 e. The van der Waals surface area contributed by atoms with E-state index in [-0.39, 0.29) is 5.91 Å². The second-order valence-corrected chi connectivity index (χ2v) is 4.73. The summed E-state index contributed by atoms with van der Waals surface area (Å²) < 4.78 is 5.24. The Morgan fingerprint density at radius 3 is 2.55 bits per heavy atom. The van der Waals surface area contributed by atoms with Gasteiger partial charge in [-0.15, -0.1) is 0 Å². The first-order valence-corrected chi connectivity index (χ1v) is 6.33. The van der Waals surface area contributed by atoms with Gasteiger partial charge in [-0.1, -0.05) is 12.1 Å². The van der Waals surface area contributed by atoms with Gasteiger partial charge in [0.2, 0.25) is 0 Å². The van der Waals surface area contributed by atoms with Crippen LogP contribution in [0.2, 0.25) is 0 Å². The van der Waals surface area contributed by atoms with Crippen LogP contribution in [0.15, 0.2) is 36.4 Å². The lowest BCUT2D eigenvalue weighted by Crippen LogP contribution is -2.13. The van der Waals surface area contributed by atoms with Gasteiger partial charge in [0, 0.05) is 11.3 Å². The first-order valence-electron chi connectivity index (χ1n) is 6.33. The van der Waals surface area contributed by atoms with Gasteiger partial charge >= 0.3 is 0 Å². The molecule has 3 N–H and O–H groups in total. The smallest absolute Gasteiger partial charge is 0.255 e. The van der Waals surface area contributed by atoms with Crippen LogP contribution < -0.4 is 15.8 Å². The van der Waals surface area contributed by atoms with E-state index in [1.165, 1.54) is 0 Å². The number of hydrogen-bond acceptors (Lipinski definition) is 3. The van der Waals surface area contributed by atoms with E-state index in [9.17, 15) is 4.79 Å². The molecule has 104 valence electrons. The van der Waals surface area contributed by atoms with Crippen LogP contribution in [0.5, 0.6) is 5.75 Å². The molecular formula is C16H18N2O2. The number of amides is 1. The van der Waals surface area contributed by atoms with Gasteiger partial charge in [0.25, 0.3) is 5.91 Å². The monoisotopic (exact) mass is 270 g/mol. The van der Waals surface area contributed by atoms with Crippen molar-refractivity contribution < 1.29 is 9.53 Å². The van der Waals surface area contributed by atoms with Crippen LogP contribution in [0.3, 0.4) is 0 Å². The van der Waals surface area contributed by atoms with E-state index in [0.29, 0.717) is 22.7 Å². The van der Waals surface area contributed by atoms with Crippen molar-refractivity contribution in [3.63, 3.8) is 0 Å². The van der Waals surface area contributed by atoms with Crippen LogP contribution in [0, 0.1) is 13.8 Å². The number of ether oxygens (including phenoxy) is 1. The Hall–Kier alpha value is -2.49. The summed E-state index contributed by atoms with van der Waals surface area (Å²) in [6.45, 7) is 3.86. The number of nitrogen functional groups attached to an aromatic ring is 1. The first-order chi connectivity index (χ1) is 9.51. The molecule has 0 aliphatic carbocycles. The van der Waals surface area contributed by atoms with Crippen LogP contribution in [0.25, 0.3) is 0 Å². The minimum Gasteiger partial charge on any atom is -0.495 e. The van der Waals surface area contributed by atoms with E-state index >= 15 is 0 Å². The molecular weight excluding hydrogens is 252 g/mol. The van der Waals surface area contributed by atoms with Gasteiger partial charge in [-0.2, -0.15) is 0 Å². The Balaban J connectivity index is 2.27. The molecule has 2 aromatic rings. The molecule has 0 radical (unpaired) electrons. The third-order valence-corrected chi connectivity index (χ3v) is 3.14. The number of rotatable bonds is 3. The molecule has 2 rings (SSSR count). The average molecular weight is 270 g/mol. The van der Waals surface area contributed by atoms with E-state index in [1.54, 1.807) is 19.2 Å². The lowest BCUT2D eigenvalue weighted by Gasteiger charge is -2.11. The zero-order chi connectivity index (χ0) is 14.7. The number of nitrogens with two attached hydrogens (primary N) is 1. The van der Waals surface area contributed by atoms with Gasteiger partial charge in [0.05, 0.1) is 12.8 Å². The number of hydrogen-bond donors (Lipinski definition) is 2. The number of aryl methyl sites for hydroxylation is 2. The van der Waals surface area contributed by atoms with Gasteiger partial charge in [-0.05, 0) is 49.2 Å². The van der Waals surface area contributed by atoms with E-state index in [0.717, 1.165) is 11.1 Å². The Labute approximate surface area is 118 Å². The van der Waals surface area contributed by atoms with Crippen LogP contribution in [-0.2, 0) is 0 Å². The van der Waals surface area contributed by atoms with Crippen molar-refractivity contribution in [2.75, 3.05) is 18.2 Å². The summed E-state index contributed by atoms with van der Waals surface area (Å²) in [5.74, 6) is 0.421. The molecule has 4 nitrogen and oxygen atoms in total. The molecule has 0 aliphatic heterocycles. The predicted molar refractivity (Wildman–Crippen MR) is 81.3 cm³/mol. The molecule has 0 saturated heterocycles. The summed E-state index contributed by atoms with van der Waals surface area (Å²) in [7, 11) is 1.57. The van der Waals surface area contributed by atoms with Crippen molar-refractivity contribution in [1.29, 1.82) is 0 Å². The van der Waals surface area contributed by atoms with E-state index in [2.05, 4.69) is 5.32 Å². The normalized spacial score (nSPS) is 10.2. The second-order valence-electron chi connectivity index (χ2n) is 4.73. The first kappa shape index (κ1) is 13.9. The summed E-state index contributed by atoms with van der Waals surface area (Å²) in [6, 6.07) is 10.9. The predicted octanol–water partition coefficient (Wildman–Crippen LogP) is 3.15. The van der Waals surface area contributed by atoms with Crippen LogP contribution in [0.4, 0.5) is 11.4 Å². The van der Waals surface area contributed by atoms with E-state index in [1.807, 2.05) is 38.1 Å². The highest BCUT2D eigenvalue weighted by Gasteiger charge is 2.10. The summed E-state index contributed by atoms with van der Waals surface area (Å²) >= 11 is 0. The van der Waals surface area contributed by atoms with Gasteiger partial charge < -0.3 is 15.8 Å². The highest BCUT2D eigenvalue weighted by atomic mass is 16.5. The molecule has 20 heavy (non-hydrogen) atoms. The highest BCUT2D eigenvalue weighted by molar-refractivity contribution is 6.05. The molecule has 0 saturated carbocycles. The molecule has 0 spiro atoms. The van der Waals surface area contributed by atoms with Gasteiger partial charge in [0.1, 0.15) is 5.75 Å². The number of carbonyl (C=O) groups excluding carboxylic acids is 1. The van der Waals surface area contributed by atoms with E-state index < -0.39 is 0 Å². The fourth-order valence-corrected chi connectivity index (χ4v) is 1.90. The molecule has 0 aromatic heterocycles. The van der Waals surface area contributed by atoms with Crippen molar-refractivity contribution in [3.8, 4) is 5.75 Å².